The summed E-state index contributed by atoms with van der Waals surface area (Å²) in [6, 6.07) is 4.57. The fourth-order valence-corrected chi connectivity index (χ4v) is 4.48. The molecule has 2 fully saturated rings. The molecule has 3 rings (SSSR count). The third kappa shape index (κ3) is 2.88. The van der Waals surface area contributed by atoms with Gasteiger partial charge in [-0.3, -0.25) is 0 Å². The molecule has 0 spiro atoms. The van der Waals surface area contributed by atoms with Crippen LogP contribution in [-0.2, 0) is 0 Å². The second-order valence-corrected chi connectivity index (χ2v) is 7.09. The highest BCUT2D eigenvalue weighted by molar-refractivity contribution is 5.34. The maximum atomic E-state index is 13.9. The molecule has 0 aromatic heterocycles. The van der Waals surface area contributed by atoms with E-state index in [1.807, 2.05) is 13.8 Å². The van der Waals surface area contributed by atoms with Crippen LogP contribution in [0.3, 0.4) is 0 Å². The van der Waals surface area contributed by atoms with E-state index >= 15 is 0 Å². The summed E-state index contributed by atoms with van der Waals surface area (Å²) in [5.41, 5.74) is 2.88. The number of rotatable bonds is 5. The van der Waals surface area contributed by atoms with Gasteiger partial charge in [-0.15, -0.1) is 0 Å². The molecule has 0 heterocycles. The van der Waals surface area contributed by atoms with Crippen LogP contribution in [0.5, 0.6) is 0 Å². The van der Waals surface area contributed by atoms with Crippen LogP contribution in [0.2, 0.25) is 0 Å². The Bertz CT molecular complexity index is 475. The lowest BCUT2D eigenvalue weighted by Crippen LogP contribution is -2.25. The molecule has 2 aliphatic rings. The topological polar surface area (TPSA) is 12.0 Å². The van der Waals surface area contributed by atoms with Gasteiger partial charge in [0.15, 0.2) is 0 Å². The third-order valence-electron chi connectivity index (χ3n) is 5.54. The van der Waals surface area contributed by atoms with Gasteiger partial charge in [0.25, 0.3) is 0 Å². The van der Waals surface area contributed by atoms with E-state index in [-0.39, 0.29) is 5.82 Å². The van der Waals surface area contributed by atoms with Gasteiger partial charge in [-0.1, -0.05) is 31.9 Å². The molecule has 2 heteroatoms. The summed E-state index contributed by atoms with van der Waals surface area (Å²) in [6.45, 7) is 7.05. The van der Waals surface area contributed by atoms with Crippen molar-refractivity contribution in [1.29, 1.82) is 0 Å². The molecule has 0 amide bonds. The van der Waals surface area contributed by atoms with Crippen LogP contribution < -0.4 is 5.32 Å². The van der Waals surface area contributed by atoms with Crippen molar-refractivity contribution in [2.45, 2.75) is 58.9 Å². The maximum Gasteiger partial charge on any atom is 0.129 e. The minimum absolute atomic E-state index is 0.0406. The Morgan fingerprint density at radius 1 is 1.14 bits per heavy atom. The number of halogens is 1. The fourth-order valence-electron chi connectivity index (χ4n) is 4.48. The molecule has 3 atom stereocenters. The van der Waals surface area contributed by atoms with Gasteiger partial charge in [0.1, 0.15) is 5.82 Å². The first kappa shape index (κ1) is 15.0. The number of aryl methyl sites for hydroxylation is 2. The van der Waals surface area contributed by atoms with Crippen molar-refractivity contribution in [3.8, 4) is 0 Å². The van der Waals surface area contributed by atoms with Gasteiger partial charge in [0.05, 0.1) is 0 Å². The highest BCUT2D eigenvalue weighted by Gasteiger charge is 2.54. The van der Waals surface area contributed by atoms with Crippen LogP contribution in [0.15, 0.2) is 12.1 Å². The number of hydrogen-bond donors (Lipinski definition) is 1. The van der Waals surface area contributed by atoms with Gasteiger partial charge in [0, 0.05) is 6.04 Å². The van der Waals surface area contributed by atoms with E-state index in [0.717, 1.165) is 41.8 Å². The summed E-state index contributed by atoms with van der Waals surface area (Å²) in [5.74, 6) is 2.57. The predicted molar refractivity (Wildman–Crippen MR) is 85.8 cm³/mol. The molecule has 2 saturated carbocycles. The normalized spacial score (nSPS) is 29.0. The zero-order valence-electron chi connectivity index (χ0n) is 13.6. The molecule has 1 N–H and O–H groups in total. The Balaban J connectivity index is 1.85. The lowest BCUT2D eigenvalue weighted by molar-refractivity contribution is 0.444. The molecule has 0 saturated heterocycles. The first-order chi connectivity index (χ1) is 10.1. The van der Waals surface area contributed by atoms with Crippen LogP contribution in [0.1, 0.15) is 61.8 Å². The highest BCUT2D eigenvalue weighted by Crippen LogP contribution is 2.60. The van der Waals surface area contributed by atoms with Gasteiger partial charge in [-0.25, -0.2) is 4.39 Å². The Morgan fingerprint density at radius 3 is 2.24 bits per heavy atom. The first-order valence-corrected chi connectivity index (χ1v) is 8.63. The Hall–Kier alpha value is -0.890. The zero-order valence-corrected chi connectivity index (χ0v) is 13.6. The average Bonchev–Trinajstić information content (AvgIpc) is 3.19. The zero-order chi connectivity index (χ0) is 15.0. The molecule has 1 nitrogen and oxygen atoms in total. The third-order valence-corrected chi connectivity index (χ3v) is 5.54. The van der Waals surface area contributed by atoms with Gasteiger partial charge in [0.2, 0.25) is 0 Å². The minimum atomic E-state index is -0.0406. The second kappa shape index (κ2) is 6.08. The monoisotopic (exact) mass is 289 g/mol. The summed E-state index contributed by atoms with van der Waals surface area (Å²) in [4.78, 5) is 0. The van der Waals surface area contributed by atoms with Crippen LogP contribution in [0.4, 0.5) is 4.39 Å². The average molecular weight is 289 g/mol. The molecule has 0 radical (unpaired) electrons. The molecular formula is C19H28FN. The van der Waals surface area contributed by atoms with Crippen molar-refractivity contribution >= 4 is 0 Å². The van der Waals surface area contributed by atoms with E-state index in [0.29, 0.717) is 6.04 Å². The molecule has 0 aliphatic heterocycles. The van der Waals surface area contributed by atoms with Crippen LogP contribution in [0, 0.1) is 37.4 Å². The van der Waals surface area contributed by atoms with Crippen molar-refractivity contribution in [3.63, 3.8) is 0 Å². The quantitative estimate of drug-likeness (QED) is 0.811. The molecule has 2 aliphatic carbocycles. The van der Waals surface area contributed by atoms with E-state index in [4.69, 9.17) is 0 Å². The Kier molecular flexibility index (Phi) is 4.35. The lowest BCUT2D eigenvalue weighted by Gasteiger charge is -2.21. The largest absolute Gasteiger partial charge is 0.310 e. The van der Waals surface area contributed by atoms with Crippen LogP contribution >= 0.6 is 0 Å². The van der Waals surface area contributed by atoms with Gasteiger partial charge in [-0.2, -0.15) is 0 Å². The standard InChI is InChI=1S/C19H28FN/c1-4-9-21-19(17-15-7-5-6-8-16(15)17)14-10-12(2)18(20)13(3)11-14/h10-11,15-17,19,21H,4-9H2,1-3H3. The summed E-state index contributed by atoms with van der Waals surface area (Å²) in [5, 5.41) is 3.76. The molecule has 0 bridgehead atoms. The number of fused-ring (bicyclic) bond motifs is 1. The summed E-state index contributed by atoms with van der Waals surface area (Å²) >= 11 is 0. The molecule has 21 heavy (non-hydrogen) atoms. The predicted octanol–water partition coefficient (Wildman–Crippen LogP) is 4.92. The van der Waals surface area contributed by atoms with Crippen molar-refractivity contribution in [2.75, 3.05) is 6.54 Å². The summed E-state index contributed by atoms with van der Waals surface area (Å²) in [7, 11) is 0. The molecule has 1 aromatic carbocycles. The number of benzene rings is 1. The van der Waals surface area contributed by atoms with Crippen molar-refractivity contribution in [3.05, 3.63) is 34.6 Å². The lowest BCUT2D eigenvalue weighted by atomic mass is 9.95. The SMILES string of the molecule is CCCNC(c1cc(C)c(F)c(C)c1)C1C2CCCCC21. The van der Waals surface area contributed by atoms with E-state index < -0.39 is 0 Å². The highest BCUT2D eigenvalue weighted by atomic mass is 19.1. The Labute approximate surface area is 128 Å². The van der Waals surface area contributed by atoms with E-state index in [9.17, 15) is 4.39 Å². The maximum absolute atomic E-state index is 13.9. The van der Waals surface area contributed by atoms with E-state index in [1.54, 1.807) is 0 Å². The van der Waals surface area contributed by atoms with Gasteiger partial charge < -0.3 is 5.32 Å². The minimum Gasteiger partial charge on any atom is -0.310 e. The molecular weight excluding hydrogens is 261 g/mol. The smallest absolute Gasteiger partial charge is 0.129 e. The van der Waals surface area contributed by atoms with Gasteiger partial charge >= 0.3 is 0 Å². The first-order valence-electron chi connectivity index (χ1n) is 8.63. The summed E-state index contributed by atoms with van der Waals surface area (Å²) < 4.78 is 13.9. The van der Waals surface area contributed by atoms with Crippen molar-refractivity contribution < 1.29 is 4.39 Å². The summed E-state index contributed by atoms with van der Waals surface area (Å²) in [6.07, 6.45) is 6.76. The molecule has 3 unspecified atom stereocenters. The van der Waals surface area contributed by atoms with E-state index in [2.05, 4.69) is 24.4 Å². The number of nitrogens with one attached hydrogen (secondary N) is 1. The Morgan fingerprint density at radius 2 is 1.71 bits per heavy atom. The van der Waals surface area contributed by atoms with Crippen molar-refractivity contribution in [2.24, 2.45) is 17.8 Å². The fraction of sp³-hybridized carbons (Fsp3) is 0.684. The van der Waals surface area contributed by atoms with Crippen LogP contribution in [-0.4, -0.2) is 6.54 Å². The second-order valence-electron chi connectivity index (χ2n) is 7.09. The molecule has 1 aromatic rings. The van der Waals surface area contributed by atoms with Gasteiger partial charge in [-0.05, 0) is 74.1 Å². The molecule has 116 valence electrons. The number of hydrogen-bond acceptors (Lipinski definition) is 1. The van der Waals surface area contributed by atoms with Crippen LogP contribution in [0.25, 0.3) is 0 Å². The van der Waals surface area contributed by atoms with Crippen molar-refractivity contribution in [1.82, 2.24) is 5.32 Å². The van der Waals surface area contributed by atoms with E-state index in [1.165, 1.54) is 31.2 Å².